The highest BCUT2D eigenvalue weighted by Crippen LogP contribution is 2.25. The summed E-state index contributed by atoms with van der Waals surface area (Å²) in [6, 6.07) is 4.26. The van der Waals surface area contributed by atoms with E-state index in [1.54, 1.807) is 11.0 Å². The Hall–Kier alpha value is -3.60. The van der Waals surface area contributed by atoms with Crippen LogP contribution < -0.4 is 10.9 Å². The molecule has 0 bridgehead atoms. The van der Waals surface area contributed by atoms with Gasteiger partial charge >= 0.3 is 0 Å². The second-order valence-electron chi connectivity index (χ2n) is 8.30. The van der Waals surface area contributed by atoms with E-state index in [9.17, 15) is 18.8 Å². The van der Waals surface area contributed by atoms with Crippen LogP contribution in [0.2, 0.25) is 0 Å². The predicted molar refractivity (Wildman–Crippen MR) is 115 cm³/mol. The summed E-state index contributed by atoms with van der Waals surface area (Å²) in [5.74, 6) is -0.861. The normalized spacial score (nSPS) is 17.7. The smallest absolute Gasteiger partial charge is 0.280 e. The lowest BCUT2D eigenvalue weighted by Crippen LogP contribution is -2.32. The zero-order valence-electron chi connectivity index (χ0n) is 18.1. The fraction of sp³-hybridized carbons (Fsp3) is 0.409. The number of fused-ring (bicyclic) bond motifs is 2. The van der Waals surface area contributed by atoms with Gasteiger partial charge < -0.3 is 19.5 Å². The molecule has 1 saturated heterocycles. The Kier molecular flexibility index (Phi) is 5.41. The molecule has 1 N–H and O–H groups in total. The van der Waals surface area contributed by atoms with Crippen LogP contribution in [0.5, 0.6) is 0 Å². The first-order chi connectivity index (χ1) is 15.9. The van der Waals surface area contributed by atoms with Crippen LogP contribution in [0, 0.1) is 11.7 Å². The lowest BCUT2D eigenvalue weighted by Gasteiger charge is -2.19. The predicted octanol–water partition coefficient (Wildman–Crippen LogP) is 1.22. The number of nitrogens with one attached hydrogen (secondary N) is 1. The number of hydrogen-bond acceptors (Lipinski definition) is 6. The van der Waals surface area contributed by atoms with Gasteiger partial charge in [-0.1, -0.05) is 6.92 Å². The first-order valence-corrected chi connectivity index (χ1v) is 10.9. The third kappa shape index (κ3) is 3.88. The molecule has 1 atom stereocenters. The molecule has 33 heavy (non-hydrogen) atoms. The Balaban J connectivity index is 1.52. The van der Waals surface area contributed by atoms with Crippen molar-refractivity contribution >= 4 is 23.3 Å². The maximum atomic E-state index is 13.4. The summed E-state index contributed by atoms with van der Waals surface area (Å²) in [6.45, 7) is 3.58. The van der Waals surface area contributed by atoms with Crippen molar-refractivity contribution in [1.82, 2.24) is 24.1 Å². The number of aromatic nitrogens is 4. The molecule has 11 heteroatoms. The number of nitrogens with zero attached hydrogens (tertiary/aromatic N) is 5. The highest BCUT2D eigenvalue weighted by atomic mass is 19.1. The summed E-state index contributed by atoms with van der Waals surface area (Å²) in [6.07, 6.45) is 2.46. The third-order valence-corrected chi connectivity index (χ3v) is 6.02. The topological polar surface area (TPSA) is 111 Å². The van der Waals surface area contributed by atoms with Crippen LogP contribution >= 0.6 is 0 Å². The molecule has 2 aliphatic rings. The molecule has 0 aromatic carbocycles. The van der Waals surface area contributed by atoms with Gasteiger partial charge in [-0.05, 0) is 25.0 Å². The molecule has 10 nitrogen and oxygen atoms in total. The van der Waals surface area contributed by atoms with E-state index in [-0.39, 0.29) is 42.0 Å². The quantitative estimate of drug-likeness (QED) is 0.600. The molecular weight excluding hydrogens is 431 g/mol. The van der Waals surface area contributed by atoms with Crippen LogP contribution in [0.3, 0.4) is 0 Å². The molecule has 3 aromatic rings. The van der Waals surface area contributed by atoms with Gasteiger partial charge in [-0.25, -0.2) is 9.37 Å². The maximum absolute atomic E-state index is 13.4. The van der Waals surface area contributed by atoms with E-state index in [0.717, 1.165) is 12.6 Å². The van der Waals surface area contributed by atoms with Gasteiger partial charge in [-0.15, -0.1) is 0 Å². The molecule has 1 unspecified atom stereocenters. The Morgan fingerprint density at radius 1 is 1.33 bits per heavy atom. The summed E-state index contributed by atoms with van der Waals surface area (Å²) in [4.78, 5) is 44.8. The van der Waals surface area contributed by atoms with Gasteiger partial charge in [0, 0.05) is 25.1 Å². The molecule has 2 amide bonds. The van der Waals surface area contributed by atoms with Crippen LogP contribution in [0.25, 0.3) is 5.65 Å². The average molecular weight is 454 g/mol. The first-order valence-electron chi connectivity index (χ1n) is 10.9. The van der Waals surface area contributed by atoms with Crippen molar-refractivity contribution < 1.29 is 18.7 Å². The van der Waals surface area contributed by atoms with Gasteiger partial charge in [0.1, 0.15) is 29.5 Å². The Morgan fingerprint density at radius 2 is 2.18 bits per heavy atom. The number of aryl methyl sites for hydroxylation is 1. The largest absolute Gasteiger partial charge is 0.381 e. The number of ether oxygens (including phenoxy) is 1. The maximum Gasteiger partial charge on any atom is 0.280 e. The number of carbonyl (C=O) groups is 2. The highest BCUT2D eigenvalue weighted by molar-refractivity contribution is 5.98. The van der Waals surface area contributed by atoms with E-state index >= 15 is 0 Å². The summed E-state index contributed by atoms with van der Waals surface area (Å²) < 4.78 is 21.3. The second kappa shape index (κ2) is 8.39. The molecule has 0 spiro atoms. The molecule has 1 fully saturated rings. The monoisotopic (exact) mass is 454 g/mol. The first kappa shape index (κ1) is 21.3. The van der Waals surface area contributed by atoms with Gasteiger partial charge in [-0.3, -0.25) is 14.4 Å². The number of halogens is 1. The molecule has 0 aliphatic carbocycles. The number of rotatable bonds is 6. The Bertz CT molecular complexity index is 1290. The lowest BCUT2D eigenvalue weighted by atomic mass is 10.1. The van der Waals surface area contributed by atoms with Gasteiger partial charge in [0.15, 0.2) is 0 Å². The summed E-state index contributed by atoms with van der Waals surface area (Å²) >= 11 is 0. The SMILES string of the molecule is CCc1cc2n(CC(=O)Nc3ccc(F)cn3)c3c(c(=O)n2n1)CN(CC1CCOC1)C3=O. The van der Waals surface area contributed by atoms with Crippen LogP contribution in [0.15, 0.2) is 29.2 Å². The van der Waals surface area contributed by atoms with Crippen LogP contribution in [-0.2, 0) is 29.0 Å². The van der Waals surface area contributed by atoms with Crippen molar-refractivity contribution in [1.29, 1.82) is 0 Å². The minimum Gasteiger partial charge on any atom is -0.381 e. The van der Waals surface area contributed by atoms with Crippen molar-refractivity contribution in [3.05, 3.63) is 57.5 Å². The van der Waals surface area contributed by atoms with Gasteiger partial charge in [-0.2, -0.15) is 9.61 Å². The zero-order valence-corrected chi connectivity index (χ0v) is 18.1. The van der Waals surface area contributed by atoms with Gasteiger partial charge in [0.2, 0.25) is 5.91 Å². The van der Waals surface area contributed by atoms with E-state index in [1.807, 2.05) is 6.92 Å². The average Bonchev–Trinajstić information content (AvgIpc) is 3.53. The second-order valence-corrected chi connectivity index (χ2v) is 8.30. The number of amides is 2. The van der Waals surface area contributed by atoms with Crippen molar-refractivity contribution in [3.8, 4) is 0 Å². The molecule has 0 saturated carbocycles. The molecule has 172 valence electrons. The highest BCUT2D eigenvalue weighted by Gasteiger charge is 2.36. The van der Waals surface area contributed by atoms with E-state index in [1.165, 1.54) is 21.2 Å². The molecule has 5 rings (SSSR count). The summed E-state index contributed by atoms with van der Waals surface area (Å²) in [5.41, 5.74) is 1.23. The minimum absolute atomic E-state index is 0.169. The number of carbonyl (C=O) groups excluding carboxylic acids is 2. The van der Waals surface area contributed by atoms with Crippen molar-refractivity contribution in [2.24, 2.45) is 5.92 Å². The molecule has 3 aromatic heterocycles. The minimum atomic E-state index is -0.516. The number of anilines is 1. The van der Waals surface area contributed by atoms with Crippen LogP contribution in [0.4, 0.5) is 10.2 Å². The molecular formula is C22H23FN6O4. The fourth-order valence-corrected chi connectivity index (χ4v) is 4.36. The summed E-state index contributed by atoms with van der Waals surface area (Å²) in [7, 11) is 0. The van der Waals surface area contributed by atoms with E-state index in [4.69, 9.17) is 4.74 Å². The van der Waals surface area contributed by atoms with E-state index in [2.05, 4.69) is 15.4 Å². The van der Waals surface area contributed by atoms with Crippen molar-refractivity contribution in [2.75, 3.05) is 25.1 Å². The van der Waals surface area contributed by atoms with E-state index < -0.39 is 11.7 Å². The zero-order chi connectivity index (χ0) is 23.1. The van der Waals surface area contributed by atoms with Crippen molar-refractivity contribution in [3.63, 3.8) is 0 Å². The number of pyridine rings is 1. The number of hydrogen-bond donors (Lipinski definition) is 1. The fourth-order valence-electron chi connectivity index (χ4n) is 4.36. The molecule has 5 heterocycles. The summed E-state index contributed by atoms with van der Waals surface area (Å²) in [5, 5.41) is 6.98. The van der Waals surface area contributed by atoms with Crippen LogP contribution in [0.1, 0.15) is 35.1 Å². The Morgan fingerprint density at radius 3 is 2.88 bits per heavy atom. The standard InChI is InChI=1S/C22H23FN6O4/c1-2-15-7-19-28(11-18(30)25-17-4-3-14(23)8-24-17)20-16(21(31)29(19)26-15)10-27(22(20)32)9-13-5-6-33-12-13/h3-4,7-8,13H,2,5-6,9-12H2,1H3,(H,24,25,30). The lowest BCUT2D eigenvalue weighted by molar-refractivity contribution is -0.116. The molecule has 2 aliphatic heterocycles. The Labute approximate surface area is 188 Å². The van der Waals surface area contributed by atoms with Gasteiger partial charge in [0.05, 0.1) is 30.6 Å². The molecule has 0 radical (unpaired) electrons. The van der Waals surface area contributed by atoms with Crippen LogP contribution in [-0.4, -0.2) is 55.6 Å². The van der Waals surface area contributed by atoms with Gasteiger partial charge in [0.25, 0.3) is 11.5 Å². The third-order valence-electron chi connectivity index (χ3n) is 6.02. The van der Waals surface area contributed by atoms with Crippen molar-refractivity contribution in [2.45, 2.75) is 32.9 Å². The van der Waals surface area contributed by atoms with E-state index in [0.29, 0.717) is 43.1 Å².